The standard InChI is InChI=1S/C23H36N6O8/c24-10-2-1-3-16(21(34)29-18(12-30)23(36)37)27-22(35)17(11-13-4-6-14(31)7-5-13)28-20(33)15(25)8-9-19(26)32/h4-7,15-18,30-31H,1-3,8-12,24-25H2,(H2,26,32)(H,27,35)(H,28,33)(H,29,34)(H,36,37). The van der Waals surface area contributed by atoms with Crippen LogP contribution in [0.2, 0.25) is 0 Å². The molecule has 4 unspecified atom stereocenters. The molecule has 0 aliphatic heterocycles. The first-order chi connectivity index (χ1) is 17.5. The van der Waals surface area contributed by atoms with Gasteiger partial charge in [0.05, 0.1) is 12.6 Å². The van der Waals surface area contributed by atoms with Crippen LogP contribution in [-0.2, 0) is 30.4 Å². The van der Waals surface area contributed by atoms with Gasteiger partial charge in [-0.25, -0.2) is 4.79 Å². The highest BCUT2D eigenvalue weighted by atomic mass is 16.4. The third-order valence-electron chi connectivity index (χ3n) is 5.42. The Hall–Kier alpha value is -3.75. The summed E-state index contributed by atoms with van der Waals surface area (Å²) in [5.41, 5.74) is 17.0. The van der Waals surface area contributed by atoms with Crippen molar-refractivity contribution in [2.75, 3.05) is 13.2 Å². The highest BCUT2D eigenvalue weighted by molar-refractivity contribution is 5.94. The van der Waals surface area contributed by atoms with E-state index in [9.17, 15) is 34.2 Å². The average molecular weight is 525 g/mol. The number of aromatic hydroxyl groups is 1. The number of carboxylic acids is 1. The number of unbranched alkanes of at least 4 members (excludes halogenated alkanes) is 1. The van der Waals surface area contributed by atoms with Crippen LogP contribution in [0.4, 0.5) is 0 Å². The fraction of sp³-hybridized carbons (Fsp3) is 0.522. The van der Waals surface area contributed by atoms with Crippen molar-refractivity contribution in [1.29, 1.82) is 0 Å². The zero-order valence-electron chi connectivity index (χ0n) is 20.4. The monoisotopic (exact) mass is 524 g/mol. The van der Waals surface area contributed by atoms with Crippen LogP contribution >= 0.6 is 0 Å². The molecule has 14 heteroatoms. The van der Waals surface area contributed by atoms with Gasteiger partial charge in [0, 0.05) is 12.8 Å². The molecule has 4 amide bonds. The van der Waals surface area contributed by atoms with E-state index in [-0.39, 0.29) is 31.4 Å². The van der Waals surface area contributed by atoms with Crippen LogP contribution in [-0.4, -0.2) is 82.2 Å². The summed E-state index contributed by atoms with van der Waals surface area (Å²) >= 11 is 0. The zero-order valence-corrected chi connectivity index (χ0v) is 20.4. The van der Waals surface area contributed by atoms with Crippen LogP contribution in [0.15, 0.2) is 24.3 Å². The van der Waals surface area contributed by atoms with Crippen LogP contribution in [0.1, 0.15) is 37.7 Å². The number of benzene rings is 1. The topological polar surface area (TPSA) is 260 Å². The maximum Gasteiger partial charge on any atom is 0.328 e. The molecule has 0 bridgehead atoms. The maximum absolute atomic E-state index is 13.2. The summed E-state index contributed by atoms with van der Waals surface area (Å²) in [6.45, 7) is -0.521. The van der Waals surface area contributed by atoms with Crippen molar-refractivity contribution < 1.29 is 39.3 Å². The summed E-state index contributed by atoms with van der Waals surface area (Å²) in [5, 5.41) is 35.1. The molecular formula is C23H36N6O8. The maximum atomic E-state index is 13.2. The second-order valence-corrected chi connectivity index (χ2v) is 8.47. The van der Waals surface area contributed by atoms with Crippen molar-refractivity contribution in [3.63, 3.8) is 0 Å². The summed E-state index contributed by atoms with van der Waals surface area (Å²) in [6.07, 6.45) is 0.860. The number of carboxylic acid groups (broad SMARTS) is 1. The molecule has 0 aliphatic rings. The van der Waals surface area contributed by atoms with E-state index in [2.05, 4.69) is 16.0 Å². The number of aliphatic hydroxyl groups excluding tert-OH is 1. The van der Waals surface area contributed by atoms with Gasteiger partial charge in [-0.1, -0.05) is 12.1 Å². The van der Waals surface area contributed by atoms with E-state index < -0.39 is 60.4 Å². The molecule has 0 aromatic heterocycles. The van der Waals surface area contributed by atoms with Crippen LogP contribution in [0.5, 0.6) is 5.75 Å². The van der Waals surface area contributed by atoms with Crippen LogP contribution in [0.3, 0.4) is 0 Å². The number of hydrogen-bond acceptors (Lipinski definition) is 9. The van der Waals surface area contributed by atoms with Crippen molar-refractivity contribution in [3.05, 3.63) is 29.8 Å². The molecule has 4 atom stereocenters. The van der Waals surface area contributed by atoms with Gasteiger partial charge in [-0.15, -0.1) is 0 Å². The number of aliphatic carboxylic acids is 1. The van der Waals surface area contributed by atoms with E-state index in [1.165, 1.54) is 12.1 Å². The first kappa shape index (κ1) is 31.3. The Labute approximate surface area is 213 Å². The van der Waals surface area contributed by atoms with E-state index in [0.717, 1.165) is 0 Å². The van der Waals surface area contributed by atoms with Crippen molar-refractivity contribution in [3.8, 4) is 5.75 Å². The van der Waals surface area contributed by atoms with Gasteiger partial charge in [0.1, 0.15) is 23.9 Å². The SMILES string of the molecule is NCCCCC(NC(=O)C(Cc1ccc(O)cc1)NC(=O)C(N)CCC(N)=O)C(=O)NC(CO)C(=O)O. The molecule has 206 valence electrons. The molecule has 1 aromatic carbocycles. The van der Waals surface area contributed by atoms with Crippen molar-refractivity contribution in [2.45, 2.75) is 62.7 Å². The predicted octanol–water partition coefficient (Wildman–Crippen LogP) is -2.81. The number of phenols is 1. The van der Waals surface area contributed by atoms with Crippen LogP contribution < -0.4 is 33.2 Å². The highest BCUT2D eigenvalue weighted by Crippen LogP contribution is 2.12. The zero-order chi connectivity index (χ0) is 28.0. The van der Waals surface area contributed by atoms with Crippen molar-refractivity contribution >= 4 is 29.6 Å². The van der Waals surface area contributed by atoms with Crippen molar-refractivity contribution in [1.82, 2.24) is 16.0 Å². The Bertz CT molecular complexity index is 926. The molecule has 0 heterocycles. The van der Waals surface area contributed by atoms with E-state index in [1.54, 1.807) is 12.1 Å². The summed E-state index contributed by atoms with van der Waals surface area (Å²) in [7, 11) is 0. The molecule has 0 saturated heterocycles. The lowest BCUT2D eigenvalue weighted by atomic mass is 10.0. The molecule has 37 heavy (non-hydrogen) atoms. The summed E-state index contributed by atoms with van der Waals surface area (Å²) in [6, 6.07) is 0.774. The Balaban J connectivity index is 3.10. The summed E-state index contributed by atoms with van der Waals surface area (Å²) in [4.78, 5) is 60.8. The van der Waals surface area contributed by atoms with Gasteiger partial charge in [-0.3, -0.25) is 19.2 Å². The molecule has 14 nitrogen and oxygen atoms in total. The lowest BCUT2D eigenvalue weighted by Gasteiger charge is -2.25. The van der Waals surface area contributed by atoms with Gasteiger partial charge in [0.15, 0.2) is 0 Å². The van der Waals surface area contributed by atoms with Gasteiger partial charge < -0.3 is 48.5 Å². The number of nitrogens with two attached hydrogens (primary N) is 3. The minimum Gasteiger partial charge on any atom is -0.508 e. The number of aliphatic hydroxyl groups is 1. The fourth-order valence-corrected chi connectivity index (χ4v) is 3.28. The molecule has 0 aliphatic carbocycles. The third kappa shape index (κ3) is 11.7. The second kappa shape index (κ2) is 16.1. The molecule has 1 rings (SSSR count). The lowest BCUT2D eigenvalue weighted by Crippen LogP contribution is -2.58. The van der Waals surface area contributed by atoms with Crippen molar-refractivity contribution in [2.24, 2.45) is 17.2 Å². The summed E-state index contributed by atoms with van der Waals surface area (Å²) in [5.74, 6) is -4.42. The molecule has 0 radical (unpaired) electrons. The Kier molecular flexibility index (Phi) is 13.6. The lowest BCUT2D eigenvalue weighted by molar-refractivity contribution is -0.143. The number of carbonyl (C=O) groups excluding carboxylic acids is 4. The molecule has 12 N–H and O–H groups in total. The smallest absolute Gasteiger partial charge is 0.328 e. The molecule has 1 aromatic rings. The van der Waals surface area contributed by atoms with Gasteiger partial charge in [-0.05, 0) is 49.9 Å². The number of carbonyl (C=O) groups is 5. The van der Waals surface area contributed by atoms with E-state index >= 15 is 0 Å². The highest BCUT2D eigenvalue weighted by Gasteiger charge is 2.30. The van der Waals surface area contributed by atoms with Gasteiger partial charge >= 0.3 is 5.97 Å². The molecular weight excluding hydrogens is 488 g/mol. The Morgan fingerprint density at radius 3 is 1.95 bits per heavy atom. The second-order valence-electron chi connectivity index (χ2n) is 8.47. The quantitative estimate of drug-likeness (QED) is 0.0944. The Morgan fingerprint density at radius 2 is 1.41 bits per heavy atom. The fourth-order valence-electron chi connectivity index (χ4n) is 3.28. The van der Waals surface area contributed by atoms with Gasteiger partial charge in [-0.2, -0.15) is 0 Å². The molecule has 0 spiro atoms. The number of phenolic OH excluding ortho intramolecular Hbond substituents is 1. The number of hydrogen-bond donors (Lipinski definition) is 9. The number of rotatable bonds is 17. The van der Waals surface area contributed by atoms with E-state index in [0.29, 0.717) is 24.9 Å². The first-order valence-corrected chi connectivity index (χ1v) is 11.7. The van der Waals surface area contributed by atoms with Crippen LogP contribution in [0.25, 0.3) is 0 Å². The van der Waals surface area contributed by atoms with E-state index in [4.69, 9.17) is 22.3 Å². The van der Waals surface area contributed by atoms with Crippen LogP contribution in [0, 0.1) is 0 Å². The minimum atomic E-state index is -1.57. The normalized spacial score (nSPS) is 14.0. The molecule has 0 saturated carbocycles. The van der Waals surface area contributed by atoms with Gasteiger partial charge in [0.25, 0.3) is 0 Å². The number of nitrogens with one attached hydrogen (secondary N) is 3. The Morgan fingerprint density at radius 1 is 0.838 bits per heavy atom. The summed E-state index contributed by atoms with van der Waals surface area (Å²) < 4.78 is 0. The first-order valence-electron chi connectivity index (χ1n) is 11.7. The largest absolute Gasteiger partial charge is 0.508 e. The predicted molar refractivity (Wildman–Crippen MR) is 132 cm³/mol. The van der Waals surface area contributed by atoms with Gasteiger partial charge in [0.2, 0.25) is 23.6 Å². The number of primary amides is 1. The average Bonchev–Trinajstić information content (AvgIpc) is 2.85. The van der Waals surface area contributed by atoms with E-state index in [1.807, 2.05) is 0 Å². The third-order valence-corrected chi connectivity index (χ3v) is 5.42. The minimum absolute atomic E-state index is 0.00392. The number of amides is 4. The molecule has 0 fully saturated rings.